The van der Waals surface area contributed by atoms with Gasteiger partial charge in [0.05, 0.1) is 19.1 Å². The molecule has 0 fully saturated rings. The van der Waals surface area contributed by atoms with Crippen LogP contribution in [-0.4, -0.2) is 33.1 Å². The highest BCUT2D eigenvalue weighted by atomic mass is 28.4. The van der Waals surface area contributed by atoms with E-state index < -0.39 is 14.4 Å². The molecule has 4 atom stereocenters. The molecule has 0 aliphatic carbocycles. The summed E-state index contributed by atoms with van der Waals surface area (Å²) in [5.41, 5.74) is 1.06. The Morgan fingerprint density at radius 2 is 1.34 bits per heavy atom. The van der Waals surface area contributed by atoms with Gasteiger partial charge >= 0.3 is 5.97 Å². The molecular formula is C36H46O4Si. The van der Waals surface area contributed by atoms with Gasteiger partial charge in [0.25, 0.3) is 8.32 Å². The number of carbonyl (C=O) groups is 1. The van der Waals surface area contributed by atoms with Gasteiger partial charge in [-0.1, -0.05) is 144 Å². The summed E-state index contributed by atoms with van der Waals surface area (Å²) in [6.45, 7) is 19.5. The fourth-order valence-electron chi connectivity index (χ4n) is 5.20. The molecule has 3 aromatic rings. The minimum Gasteiger partial charge on any atom is -0.458 e. The van der Waals surface area contributed by atoms with E-state index >= 15 is 0 Å². The molecule has 218 valence electrons. The second kappa shape index (κ2) is 15.1. The molecule has 0 aliphatic rings. The second-order valence-electron chi connectivity index (χ2n) is 11.8. The van der Waals surface area contributed by atoms with E-state index in [0.29, 0.717) is 13.2 Å². The van der Waals surface area contributed by atoms with Crippen molar-refractivity contribution in [2.75, 3.05) is 6.61 Å². The molecular weight excluding hydrogens is 524 g/mol. The van der Waals surface area contributed by atoms with Crippen LogP contribution < -0.4 is 10.4 Å². The van der Waals surface area contributed by atoms with Crippen molar-refractivity contribution in [1.29, 1.82) is 0 Å². The third kappa shape index (κ3) is 8.38. The van der Waals surface area contributed by atoms with Crippen LogP contribution in [0.1, 0.15) is 46.6 Å². The Bertz CT molecular complexity index is 1180. The third-order valence-electron chi connectivity index (χ3n) is 7.67. The maximum atomic E-state index is 13.1. The van der Waals surface area contributed by atoms with Crippen molar-refractivity contribution in [2.45, 2.75) is 64.9 Å². The minimum absolute atomic E-state index is 0.00986. The molecule has 0 spiro atoms. The van der Waals surface area contributed by atoms with E-state index in [1.54, 1.807) is 6.08 Å². The molecule has 5 heteroatoms. The lowest BCUT2D eigenvalue weighted by atomic mass is 10.0. The van der Waals surface area contributed by atoms with E-state index in [1.165, 1.54) is 10.4 Å². The monoisotopic (exact) mass is 570 g/mol. The molecule has 0 aromatic heterocycles. The number of ether oxygens (including phenoxy) is 2. The summed E-state index contributed by atoms with van der Waals surface area (Å²) in [6, 6.07) is 31.0. The number of hydrogen-bond acceptors (Lipinski definition) is 4. The Morgan fingerprint density at radius 3 is 1.80 bits per heavy atom. The van der Waals surface area contributed by atoms with Crippen LogP contribution in [-0.2, 0) is 25.3 Å². The van der Waals surface area contributed by atoms with Crippen LogP contribution in [0.5, 0.6) is 0 Å². The zero-order chi connectivity index (χ0) is 29.9. The summed E-state index contributed by atoms with van der Waals surface area (Å²) in [5, 5.41) is 2.30. The van der Waals surface area contributed by atoms with Crippen LogP contribution in [0.3, 0.4) is 0 Å². The minimum atomic E-state index is -2.71. The van der Waals surface area contributed by atoms with E-state index in [9.17, 15) is 4.79 Å². The maximum Gasteiger partial charge on any atom is 0.309 e. The van der Waals surface area contributed by atoms with Crippen LogP contribution in [0.2, 0.25) is 5.04 Å². The zero-order valence-corrected chi connectivity index (χ0v) is 26.3. The van der Waals surface area contributed by atoms with Crippen molar-refractivity contribution in [3.63, 3.8) is 0 Å². The average molecular weight is 571 g/mol. The lowest BCUT2D eigenvalue weighted by Crippen LogP contribution is -2.67. The van der Waals surface area contributed by atoms with Crippen molar-refractivity contribution in [3.8, 4) is 0 Å². The van der Waals surface area contributed by atoms with Gasteiger partial charge in [-0.3, -0.25) is 4.79 Å². The molecule has 0 radical (unpaired) electrons. The first kappa shape index (κ1) is 32.3. The van der Waals surface area contributed by atoms with E-state index in [2.05, 4.69) is 82.5 Å². The van der Waals surface area contributed by atoms with Gasteiger partial charge in [0.2, 0.25) is 0 Å². The maximum absolute atomic E-state index is 13.1. The Kier molecular flexibility index (Phi) is 11.9. The molecule has 0 saturated heterocycles. The highest BCUT2D eigenvalue weighted by Crippen LogP contribution is 2.37. The zero-order valence-electron chi connectivity index (χ0n) is 25.3. The van der Waals surface area contributed by atoms with Crippen molar-refractivity contribution >= 4 is 24.7 Å². The largest absolute Gasteiger partial charge is 0.458 e. The molecule has 0 aliphatic heterocycles. The van der Waals surface area contributed by atoms with Crippen molar-refractivity contribution < 1.29 is 18.7 Å². The van der Waals surface area contributed by atoms with Crippen LogP contribution in [0, 0.1) is 11.8 Å². The standard InChI is InChI=1S/C36H46O4Si/c1-8-28(3)34(38-27-30-19-13-10-14-20-30)25-35(37)40-33(9-2)29(4)26-39-41(36(5,6)7,31-21-15-11-16-22-31)32-23-17-12-18-24-32/h8-24,28-29,33-34H,1-2,25-27H2,3-7H3/t28-,29+,33-,34+/m0/s1. The van der Waals surface area contributed by atoms with E-state index in [-0.39, 0.29) is 35.4 Å². The molecule has 3 aromatic carbocycles. The molecule has 41 heavy (non-hydrogen) atoms. The average Bonchev–Trinajstić information content (AvgIpc) is 2.98. The number of benzene rings is 3. The van der Waals surface area contributed by atoms with Gasteiger partial charge in [0, 0.05) is 18.4 Å². The van der Waals surface area contributed by atoms with Gasteiger partial charge in [-0.05, 0) is 21.0 Å². The molecule has 0 heterocycles. The van der Waals surface area contributed by atoms with E-state index in [4.69, 9.17) is 13.9 Å². The predicted octanol–water partition coefficient (Wildman–Crippen LogP) is 7.09. The van der Waals surface area contributed by atoms with Gasteiger partial charge < -0.3 is 13.9 Å². The fraction of sp³-hybridized carbons (Fsp3) is 0.361. The fourth-order valence-corrected chi connectivity index (χ4v) is 9.87. The Hall–Kier alpha value is -3.25. The number of hydrogen-bond donors (Lipinski definition) is 0. The van der Waals surface area contributed by atoms with Crippen molar-refractivity contribution in [3.05, 3.63) is 122 Å². The summed E-state index contributed by atoms with van der Waals surface area (Å²) in [7, 11) is -2.71. The number of rotatable bonds is 15. The molecule has 0 saturated carbocycles. The summed E-state index contributed by atoms with van der Waals surface area (Å²) in [4.78, 5) is 13.1. The highest BCUT2D eigenvalue weighted by molar-refractivity contribution is 6.99. The van der Waals surface area contributed by atoms with Crippen LogP contribution in [0.15, 0.2) is 116 Å². The van der Waals surface area contributed by atoms with Gasteiger partial charge in [-0.15, -0.1) is 6.58 Å². The summed E-state index contributed by atoms with van der Waals surface area (Å²) in [5.74, 6) is -0.429. The highest BCUT2D eigenvalue weighted by Gasteiger charge is 2.50. The first-order valence-corrected chi connectivity index (χ1v) is 16.4. The second-order valence-corrected chi connectivity index (χ2v) is 16.1. The van der Waals surface area contributed by atoms with E-state index in [0.717, 1.165) is 5.56 Å². The quantitative estimate of drug-likeness (QED) is 0.111. The van der Waals surface area contributed by atoms with Crippen LogP contribution in [0.25, 0.3) is 0 Å². The summed E-state index contributed by atoms with van der Waals surface area (Å²) in [6.07, 6.45) is 2.82. The molecule has 0 N–H and O–H groups in total. The van der Waals surface area contributed by atoms with E-state index in [1.807, 2.05) is 62.4 Å². The van der Waals surface area contributed by atoms with Gasteiger partial charge in [-0.2, -0.15) is 0 Å². The smallest absolute Gasteiger partial charge is 0.309 e. The van der Waals surface area contributed by atoms with Gasteiger partial charge in [0.1, 0.15) is 6.10 Å². The molecule has 0 amide bonds. The summed E-state index contributed by atoms with van der Waals surface area (Å²) < 4.78 is 19.2. The van der Waals surface area contributed by atoms with Gasteiger partial charge in [-0.25, -0.2) is 0 Å². The van der Waals surface area contributed by atoms with Crippen molar-refractivity contribution in [1.82, 2.24) is 0 Å². The number of carbonyl (C=O) groups excluding carboxylic acids is 1. The lowest BCUT2D eigenvalue weighted by Gasteiger charge is -2.43. The molecule has 0 unspecified atom stereocenters. The first-order valence-electron chi connectivity index (χ1n) is 14.5. The van der Waals surface area contributed by atoms with Crippen LogP contribution in [0.4, 0.5) is 0 Å². The van der Waals surface area contributed by atoms with Gasteiger partial charge in [0.15, 0.2) is 0 Å². The Balaban J connectivity index is 1.74. The first-order chi connectivity index (χ1) is 19.6. The summed E-state index contributed by atoms with van der Waals surface area (Å²) >= 11 is 0. The number of esters is 1. The Morgan fingerprint density at radius 1 is 0.829 bits per heavy atom. The third-order valence-corrected chi connectivity index (χ3v) is 12.7. The SMILES string of the molecule is C=C[C@H](OC(=O)C[C@@H](OCc1ccccc1)[C@@H](C)C=C)[C@H](C)CO[Si](c1ccccc1)(c1ccccc1)C(C)(C)C. The molecule has 3 rings (SSSR count). The van der Waals surface area contributed by atoms with Crippen molar-refractivity contribution in [2.24, 2.45) is 11.8 Å². The normalized spacial score (nSPS) is 14.9. The predicted molar refractivity (Wildman–Crippen MR) is 172 cm³/mol. The van der Waals surface area contributed by atoms with Crippen LogP contribution >= 0.6 is 0 Å². The molecule has 0 bridgehead atoms. The topological polar surface area (TPSA) is 44.8 Å². The lowest BCUT2D eigenvalue weighted by molar-refractivity contribution is -0.153. The Labute approximate surface area is 248 Å². The molecule has 4 nitrogen and oxygen atoms in total.